The summed E-state index contributed by atoms with van der Waals surface area (Å²) in [7, 11) is 0. The molecule has 2 aliphatic rings. The monoisotopic (exact) mass is 683 g/mol. The number of likely N-dealkylation sites (tertiary alicyclic amines) is 2. The van der Waals surface area contributed by atoms with Gasteiger partial charge >= 0.3 is 0 Å². The molecule has 49 heavy (non-hydrogen) atoms. The van der Waals surface area contributed by atoms with Crippen molar-refractivity contribution >= 4 is 41.4 Å². The van der Waals surface area contributed by atoms with E-state index in [1.54, 1.807) is 0 Å². The SMILES string of the molecule is CC(=O)N1CCC[C@H]1C(=O)N[C@@H](Cc1cnc[nH]1)C(=O)N1CCC[C@H]1C(=O)N[C@@H](Cc1cnc[nH]1)C(=O)N[C@@H](CCCN=C(N)N)C(N)=O. The molecule has 0 unspecified atom stereocenters. The van der Waals surface area contributed by atoms with Crippen LogP contribution in [0.3, 0.4) is 0 Å². The molecule has 19 heteroatoms. The molecule has 4 heterocycles. The Morgan fingerprint density at radius 2 is 1.39 bits per heavy atom. The molecular weight excluding hydrogens is 638 g/mol. The average molecular weight is 684 g/mol. The number of imidazole rings is 2. The number of nitrogens with one attached hydrogen (secondary N) is 5. The molecular formula is C30H45N13O6. The van der Waals surface area contributed by atoms with Gasteiger partial charge in [0.15, 0.2) is 5.96 Å². The highest BCUT2D eigenvalue weighted by Crippen LogP contribution is 2.22. The van der Waals surface area contributed by atoms with Crippen molar-refractivity contribution in [3.8, 4) is 0 Å². The number of hydrogen-bond acceptors (Lipinski definition) is 9. The molecule has 0 aromatic carbocycles. The zero-order chi connectivity index (χ0) is 35.5. The van der Waals surface area contributed by atoms with Crippen molar-refractivity contribution in [3.63, 3.8) is 0 Å². The minimum absolute atomic E-state index is 0.00423. The third kappa shape index (κ3) is 10.0. The zero-order valence-corrected chi connectivity index (χ0v) is 27.4. The Morgan fingerprint density at radius 3 is 1.92 bits per heavy atom. The van der Waals surface area contributed by atoms with E-state index in [9.17, 15) is 28.8 Å². The number of hydrogen-bond donors (Lipinski definition) is 8. The van der Waals surface area contributed by atoms with Gasteiger partial charge in [-0.2, -0.15) is 0 Å². The molecule has 4 rings (SSSR count). The first-order valence-electron chi connectivity index (χ1n) is 16.2. The lowest BCUT2D eigenvalue weighted by Crippen LogP contribution is -2.59. The minimum Gasteiger partial charge on any atom is -0.370 e. The van der Waals surface area contributed by atoms with Crippen molar-refractivity contribution in [3.05, 3.63) is 36.4 Å². The molecule has 0 spiro atoms. The van der Waals surface area contributed by atoms with Crippen molar-refractivity contribution in [1.82, 2.24) is 45.7 Å². The predicted octanol–water partition coefficient (Wildman–Crippen LogP) is -3.09. The quantitative estimate of drug-likeness (QED) is 0.0501. The Labute approximate surface area is 282 Å². The molecule has 6 amide bonds. The highest BCUT2D eigenvalue weighted by molar-refractivity contribution is 5.96. The second kappa shape index (κ2) is 17.1. The molecule has 2 aromatic rings. The summed E-state index contributed by atoms with van der Waals surface area (Å²) in [5, 5.41) is 8.18. The maximum Gasteiger partial charge on any atom is 0.246 e. The largest absolute Gasteiger partial charge is 0.370 e. The number of aliphatic imine (C=N–C) groups is 1. The molecule has 0 radical (unpaired) electrons. The molecule has 5 atom stereocenters. The van der Waals surface area contributed by atoms with Gasteiger partial charge in [0.1, 0.15) is 30.2 Å². The first-order chi connectivity index (χ1) is 23.4. The molecule has 2 aliphatic heterocycles. The maximum absolute atomic E-state index is 14.1. The number of H-pyrrole nitrogens is 2. The summed E-state index contributed by atoms with van der Waals surface area (Å²) in [6, 6.07) is -4.93. The summed E-state index contributed by atoms with van der Waals surface area (Å²) in [6.45, 7) is 2.31. The van der Waals surface area contributed by atoms with E-state index >= 15 is 0 Å². The Kier molecular flexibility index (Phi) is 12.7. The highest BCUT2D eigenvalue weighted by Gasteiger charge is 2.41. The van der Waals surface area contributed by atoms with Crippen molar-refractivity contribution in [2.75, 3.05) is 19.6 Å². The lowest BCUT2D eigenvalue weighted by atomic mass is 10.1. The predicted molar refractivity (Wildman–Crippen MR) is 175 cm³/mol. The van der Waals surface area contributed by atoms with E-state index in [1.807, 2.05) is 0 Å². The Bertz CT molecular complexity index is 1490. The van der Waals surface area contributed by atoms with Crippen LogP contribution >= 0.6 is 0 Å². The number of primary amides is 1. The Hall–Kier alpha value is -5.49. The smallest absolute Gasteiger partial charge is 0.246 e. The number of carbonyl (C=O) groups excluding carboxylic acids is 6. The normalized spacial score (nSPS) is 19.0. The average Bonchev–Trinajstić information content (AvgIpc) is 3.89. The van der Waals surface area contributed by atoms with E-state index in [1.165, 1.54) is 41.8 Å². The molecule has 0 aliphatic carbocycles. The van der Waals surface area contributed by atoms with E-state index in [0.717, 1.165) is 0 Å². The lowest BCUT2D eigenvalue weighted by molar-refractivity contribution is -0.143. The van der Waals surface area contributed by atoms with Gasteiger partial charge in [-0.15, -0.1) is 0 Å². The number of carbonyl (C=O) groups is 6. The number of guanidine groups is 1. The Balaban J connectivity index is 1.48. The fraction of sp³-hybridized carbons (Fsp3) is 0.567. The van der Waals surface area contributed by atoms with Crippen molar-refractivity contribution < 1.29 is 28.8 Å². The number of rotatable bonds is 16. The van der Waals surface area contributed by atoms with Crippen LogP contribution in [0.1, 0.15) is 56.8 Å². The van der Waals surface area contributed by atoms with E-state index in [-0.39, 0.29) is 44.2 Å². The number of amides is 6. The summed E-state index contributed by atoms with van der Waals surface area (Å²) in [5.41, 5.74) is 17.4. The van der Waals surface area contributed by atoms with Crippen LogP contribution < -0.4 is 33.2 Å². The number of aromatic nitrogens is 4. The van der Waals surface area contributed by atoms with E-state index in [0.29, 0.717) is 50.0 Å². The van der Waals surface area contributed by atoms with Crippen LogP contribution in [0.15, 0.2) is 30.0 Å². The van der Waals surface area contributed by atoms with E-state index in [4.69, 9.17) is 17.2 Å². The van der Waals surface area contributed by atoms with Crippen molar-refractivity contribution in [2.45, 2.75) is 88.5 Å². The van der Waals surface area contributed by atoms with Gasteiger partial charge in [-0.25, -0.2) is 9.97 Å². The van der Waals surface area contributed by atoms with Crippen LogP contribution in [0.25, 0.3) is 0 Å². The number of nitrogens with two attached hydrogens (primary N) is 3. The maximum atomic E-state index is 14.1. The van der Waals surface area contributed by atoms with Crippen LogP contribution in [0.4, 0.5) is 0 Å². The molecule has 266 valence electrons. The first-order valence-corrected chi connectivity index (χ1v) is 16.2. The second-order valence-corrected chi connectivity index (χ2v) is 12.2. The zero-order valence-electron chi connectivity index (χ0n) is 27.4. The third-order valence-corrected chi connectivity index (χ3v) is 8.61. The Morgan fingerprint density at radius 1 is 0.837 bits per heavy atom. The molecule has 2 aromatic heterocycles. The summed E-state index contributed by atoms with van der Waals surface area (Å²) < 4.78 is 0. The summed E-state index contributed by atoms with van der Waals surface area (Å²) >= 11 is 0. The van der Waals surface area contributed by atoms with Gasteiger partial charge < -0.3 is 52.9 Å². The van der Waals surface area contributed by atoms with Gasteiger partial charge in [0, 0.05) is 63.2 Å². The van der Waals surface area contributed by atoms with Crippen LogP contribution in [0, 0.1) is 0 Å². The number of aromatic amines is 2. The molecule has 0 bridgehead atoms. The van der Waals surface area contributed by atoms with Crippen LogP contribution in [0.2, 0.25) is 0 Å². The molecule has 2 fully saturated rings. The molecule has 2 saturated heterocycles. The van der Waals surface area contributed by atoms with E-state index < -0.39 is 59.7 Å². The molecule has 11 N–H and O–H groups in total. The van der Waals surface area contributed by atoms with Crippen LogP contribution in [-0.2, 0) is 41.6 Å². The minimum atomic E-state index is -1.16. The van der Waals surface area contributed by atoms with Gasteiger partial charge in [0.2, 0.25) is 35.4 Å². The number of nitrogens with zero attached hydrogens (tertiary/aromatic N) is 5. The van der Waals surface area contributed by atoms with Gasteiger partial charge in [0.05, 0.1) is 12.7 Å². The lowest BCUT2D eigenvalue weighted by Gasteiger charge is -2.31. The van der Waals surface area contributed by atoms with E-state index in [2.05, 4.69) is 40.9 Å². The summed E-state index contributed by atoms with van der Waals surface area (Å²) in [5.74, 6) is -3.30. The summed E-state index contributed by atoms with van der Waals surface area (Å²) in [6.07, 6.45) is 8.46. The van der Waals surface area contributed by atoms with Gasteiger partial charge in [-0.3, -0.25) is 33.8 Å². The molecule has 0 saturated carbocycles. The van der Waals surface area contributed by atoms with Gasteiger partial charge in [-0.05, 0) is 38.5 Å². The van der Waals surface area contributed by atoms with Crippen molar-refractivity contribution in [1.29, 1.82) is 0 Å². The highest BCUT2D eigenvalue weighted by atomic mass is 16.2. The van der Waals surface area contributed by atoms with Gasteiger partial charge in [0.25, 0.3) is 0 Å². The fourth-order valence-electron chi connectivity index (χ4n) is 6.16. The summed E-state index contributed by atoms with van der Waals surface area (Å²) in [4.78, 5) is 99.6. The van der Waals surface area contributed by atoms with Crippen LogP contribution in [-0.4, -0.2) is 121 Å². The fourth-order valence-corrected chi connectivity index (χ4v) is 6.16. The van der Waals surface area contributed by atoms with Crippen LogP contribution in [0.5, 0.6) is 0 Å². The topological polar surface area (TPSA) is 293 Å². The standard InChI is InChI=1S/C30H45N13O6/c1-17(44)42-9-3-6-23(42)27(47)41-22(12-19-14-35-16-38-19)29(49)43-10-4-7-24(43)28(48)40-21(11-18-13-34-15-37-18)26(46)39-20(25(31)45)5-2-8-36-30(32)33/h13-16,20-24H,2-12H2,1H3,(H2,31,45)(H,34,37)(H,35,38)(H,39,46)(H,40,48)(H,41,47)(H4,32,33,36)/t20-,21-,22-,23-,24-/m0/s1. The second-order valence-electron chi connectivity index (χ2n) is 12.2. The third-order valence-electron chi connectivity index (χ3n) is 8.61. The van der Waals surface area contributed by atoms with Gasteiger partial charge in [-0.1, -0.05) is 0 Å². The first kappa shape index (κ1) is 36.3. The van der Waals surface area contributed by atoms with Crippen molar-refractivity contribution in [2.24, 2.45) is 22.2 Å². The molecule has 19 nitrogen and oxygen atoms in total.